The topological polar surface area (TPSA) is 64.3 Å². The molecule has 3 N–H and O–H groups in total. The predicted octanol–water partition coefficient (Wildman–Crippen LogP) is 1.29. The van der Waals surface area contributed by atoms with Crippen LogP contribution in [-0.4, -0.2) is 30.7 Å². The highest BCUT2D eigenvalue weighted by molar-refractivity contribution is 5.80. The van der Waals surface area contributed by atoms with Crippen molar-refractivity contribution in [1.29, 1.82) is 0 Å². The van der Waals surface area contributed by atoms with Crippen molar-refractivity contribution < 1.29 is 9.53 Å². The zero-order valence-corrected chi connectivity index (χ0v) is 11.2. The quantitative estimate of drug-likeness (QED) is 0.692. The molecule has 0 aromatic carbocycles. The molecule has 0 aromatic heterocycles. The fraction of sp³-hybridized carbons (Fsp3) is 0.917. The maximum atomic E-state index is 11.6. The fourth-order valence-electron chi connectivity index (χ4n) is 1.04. The van der Waals surface area contributed by atoms with Crippen molar-refractivity contribution in [2.24, 2.45) is 11.7 Å². The summed E-state index contributed by atoms with van der Waals surface area (Å²) in [4.78, 5) is 11.6. The van der Waals surface area contributed by atoms with E-state index in [4.69, 9.17) is 10.5 Å². The van der Waals surface area contributed by atoms with E-state index in [9.17, 15) is 4.79 Å². The molecule has 4 heteroatoms. The first-order valence-electron chi connectivity index (χ1n) is 5.90. The average molecular weight is 230 g/mol. The number of amides is 1. The molecule has 1 unspecified atom stereocenters. The second-order valence-corrected chi connectivity index (χ2v) is 5.42. The van der Waals surface area contributed by atoms with Gasteiger partial charge in [-0.1, -0.05) is 13.8 Å². The van der Waals surface area contributed by atoms with Gasteiger partial charge in [0.25, 0.3) is 0 Å². The molecule has 16 heavy (non-hydrogen) atoms. The van der Waals surface area contributed by atoms with E-state index in [1.807, 2.05) is 13.8 Å². The van der Waals surface area contributed by atoms with Crippen LogP contribution < -0.4 is 11.1 Å². The first-order valence-corrected chi connectivity index (χ1v) is 5.90. The number of nitrogens with two attached hydrogens (primary N) is 1. The molecule has 0 heterocycles. The van der Waals surface area contributed by atoms with Crippen LogP contribution in [0.5, 0.6) is 0 Å². The van der Waals surface area contributed by atoms with E-state index in [1.54, 1.807) is 6.92 Å². The molecule has 0 saturated carbocycles. The highest BCUT2D eigenvalue weighted by Crippen LogP contribution is 2.01. The number of ether oxygens (including phenoxy) is 1. The lowest BCUT2D eigenvalue weighted by Gasteiger charge is -2.21. The Labute approximate surface area is 98.9 Å². The summed E-state index contributed by atoms with van der Waals surface area (Å²) in [5, 5.41) is 2.85. The molecule has 0 fully saturated rings. The third-order valence-corrected chi connectivity index (χ3v) is 2.10. The van der Waals surface area contributed by atoms with E-state index in [1.165, 1.54) is 0 Å². The van der Waals surface area contributed by atoms with Gasteiger partial charge in [0.1, 0.15) is 6.10 Å². The zero-order valence-electron chi connectivity index (χ0n) is 11.2. The van der Waals surface area contributed by atoms with E-state index in [-0.39, 0.29) is 5.91 Å². The van der Waals surface area contributed by atoms with Crippen molar-refractivity contribution in [3.8, 4) is 0 Å². The van der Waals surface area contributed by atoms with Crippen molar-refractivity contribution in [3.63, 3.8) is 0 Å². The van der Waals surface area contributed by atoms with E-state index < -0.39 is 11.6 Å². The molecule has 0 aliphatic rings. The van der Waals surface area contributed by atoms with Crippen molar-refractivity contribution >= 4 is 5.91 Å². The maximum Gasteiger partial charge on any atom is 0.248 e. The Bertz CT molecular complexity index is 210. The summed E-state index contributed by atoms with van der Waals surface area (Å²) in [6.45, 7) is 10.8. The second kappa shape index (κ2) is 6.86. The van der Waals surface area contributed by atoms with Gasteiger partial charge in [-0.2, -0.15) is 0 Å². The normalized spacial score (nSPS) is 13.9. The molecular formula is C12H26N2O2. The molecule has 0 aliphatic heterocycles. The van der Waals surface area contributed by atoms with Gasteiger partial charge < -0.3 is 15.8 Å². The Balaban J connectivity index is 3.74. The van der Waals surface area contributed by atoms with E-state index in [0.717, 1.165) is 6.42 Å². The highest BCUT2D eigenvalue weighted by atomic mass is 16.5. The molecule has 0 aliphatic carbocycles. The minimum atomic E-state index is -0.435. The molecule has 0 bridgehead atoms. The average Bonchev–Trinajstić information content (AvgIpc) is 2.12. The Hall–Kier alpha value is -0.610. The molecule has 1 amide bonds. The van der Waals surface area contributed by atoms with Gasteiger partial charge in [-0.3, -0.25) is 4.79 Å². The van der Waals surface area contributed by atoms with Gasteiger partial charge in [-0.15, -0.1) is 0 Å². The van der Waals surface area contributed by atoms with Crippen molar-refractivity contribution in [1.82, 2.24) is 5.32 Å². The summed E-state index contributed by atoms with van der Waals surface area (Å²) < 4.78 is 5.39. The van der Waals surface area contributed by atoms with Crippen LogP contribution >= 0.6 is 0 Å². The van der Waals surface area contributed by atoms with Gasteiger partial charge in [0.05, 0.1) is 6.61 Å². The molecule has 1 atom stereocenters. The number of hydrogen-bond acceptors (Lipinski definition) is 3. The largest absolute Gasteiger partial charge is 0.367 e. The summed E-state index contributed by atoms with van der Waals surface area (Å²) in [6.07, 6.45) is 0.552. The van der Waals surface area contributed by atoms with Gasteiger partial charge in [-0.05, 0) is 33.1 Å². The molecule has 0 radical (unpaired) electrons. The molecule has 96 valence electrons. The summed E-state index contributed by atoms with van der Waals surface area (Å²) in [5.41, 5.74) is 5.37. The lowest BCUT2D eigenvalue weighted by Crippen LogP contribution is -2.42. The van der Waals surface area contributed by atoms with Gasteiger partial charge in [0.2, 0.25) is 5.91 Å². The van der Waals surface area contributed by atoms with Crippen molar-refractivity contribution in [2.75, 3.05) is 13.2 Å². The standard InChI is InChI=1S/C12H26N2O2/c1-9(2)6-7-14-11(15)10(3)16-8-12(4,5)13/h9-10H,6-8,13H2,1-5H3,(H,14,15). The number of carbonyl (C=O) groups excluding carboxylic acids is 1. The Kier molecular flexibility index (Phi) is 6.60. The Morgan fingerprint density at radius 1 is 1.38 bits per heavy atom. The van der Waals surface area contributed by atoms with Crippen LogP contribution in [0.4, 0.5) is 0 Å². The molecule has 0 rings (SSSR count). The molecule has 0 spiro atoms. The van der Waals surface area contributed by atoms with Crippen LogP contribution in [0.15, 0.2) is 0 Å². The first kappa shape index (κ1) is 15.4. The lowest BCUT2D eigenvalue weighted by atomic mass is 10.1. The number of hydrogen-bond donors (Lipinski definition) is 2. The van der Waals surface area contributed by atoms with Gasteiger partial charge in [0.15, 0.2) is 0 Å². The summed E-state index contributed by atoms with van der Waals surface area (Å²) >= 11 is 0. The summed E-state index contributed by atoms with van der Waals surface area (Å²) in [5.74, 6) is 0.532. The number of nitrogens with one attached hydrogen (secondary N) is 1. The van der Waals surface area contributed by atoms with Crippen LogP contribution in [0.3, 0.4) is 0 Å². The maximum absolute atomic E-state index is 11.6. The summed E-state index contributed by atoms with van der Waals surface area (Å²) in [7, 11) is 0. The van der Waals surface area contributed by atoms with Gasteiger partial charge in [-0.25, -0.2) is 0 Å². The van der Waals surface area contributed by atoms with Gasteiger partial charge in [0, 0.05) is 12.1 Å². The third-order valence-electron chi connectivity index (χ3n) is 2.10. The number of carbonyl (C=O) groups is 1. The van der Waals surface area contributed by atoms with E-state index in [2.05, 4.69) is 19.2 Å². The van der Waals surface area contributed by atoms with Crippen LogP contribution in [0.25, 0.3) is 0 Å². The van der Waals surface area contributed by atoms with Crippen LogP contribution in [0.2, 0.25) is 0 Å². The first-order chi connectivity index (χ1) is 7.22. The molecule has 0 aromatic rings. The highest BCUT2D eigenvalue weighted by Gasteiger charge is 2.17. The minimum Gasteiger partial charge on any atom is -0.367 e. The smallest absolute Gasteiger partial charge is 0.248 e. The second-order valence-electron chi connectivity index (χ2n) is 5.42. The summed E-state index contributed by atoms with van der Waals surface area (Å²) in [6, 6.07) is 0. The Morgan fingerprint density at radius 2 is 1.94 bits per heavy atom. The van der Waals surface area contributed by atoms with Crippen molar-refractivity contribution in [2.45, 2.75) is 52.7 Å². The molecular weight excluding hydrogens is 204 g/mol. The molecule has 4 nitrogen and oxygen atoms in total. The Morgan fingerprint density at radius 3 is 2.38 bits per heavy atom. The van der Waals surface area contributed by atoms with E-state index >= 15 is 0 Å². The van der Waals surface area contributed by atoms with Crippen LogP contribution in [0, 0.1) is 5.92 Å². The monoisotopic (exact) mass is 230 g/mol. The van der Waals surface area contributed by atoms with Gasteiger partial charge >= 0.3 is 0 Å². The van der Waals surface area contributed by atoms with E-state index in [0.29, 0.717) is 19.1 Å². The van der Waals surface area contributed by atoms with Crippen molar-refractivity contribution in [3.05, 3.63) is 0 Å². The lowest BCUT2D eigenvalue weighted by molar-refractivity contribution is -0.132. The SMILES string of the molecule is CC(C)CCNC(=O)C(C)OCC(C)(C)N. The van der Waals surface area contributed by atoms with Crippen LogP contribution in [-0.2, 0) is 9.53 Å². The van der Waals surface area contributed by atoms with Crippen LogP contribution in [0.1, 0.15) is 41.0 Å². The zero-order chi connectivity index (χ0) is 12.8. The molecule has 0 saturated heterocycles. The number of rotatable bonds is 7. The third kappa shape index (κ3) is 8.68. The fourth-order valence-corrected chi connectivity index (χ4v) is 1.04. The minimum absolute atomic E-state index is 0.0649. The predicted molar refractivity (Wildman–Crippen MR) is 66.1 cm³/mol.